The first-order valence-electron chi connectivity index (χ1n) is 2.73. The summed E-state index contributed by atoms with van der Waals surface area (Å²) in [7, 11) is 3.70. The number of rotatable bonds is 0. The monoisotopic (exact) mass is 128 g/mol. The number of guanidine groups is 1. The highest BCUT2D eigenvalue weighted by Gasteiger charge is 2.32. The number of quaternary nitrogens is 1. The molecule has 0 radical (unpaired) electrons. The average molecular weight is 128 g/mol. The van der Waals surface area contributed by atoms with Crippen LogP contribution in [0.15, 0.2) is 4.99 Å². The van der Waals surface area contributed by atoms with Crippen molar-refractivity contribution in [2.45, 2.75) is 0 Å². The maximum atomic E-state index is 10.6. The minimum Gasteiger partial charge on any atom is -0.337 e. The average Bonchev–Trinajstić information content (AvgIpc) is 1.79. The van der Waals surface area contributed by atoms with Gasteiger partial charge in [0.05, 0.1) is 14.1 Å². The van der Waals surface area contributed by atoms with E-state index in [0.717, 1.165) is 0 Å². The van der Waals surface area contributed by atoms with Crippen molar-refractivity contribution in [3.63, 3.8) is 0 Å². The molecule has 1 aliphatic rings. The predicted molar refractivity (Wildman–Crippen MR) is 33.6 cm³/mol. The largest absolute Gasteiger partial charge is 0.337 e. The van der Waals surface area contributed by atoms with E-state index < -0.39 is 0 Å². The molecule has 0 aliphatic carbocycles. The summed E-state index contributed by atoms with van der Waals surface area (Å²) in [5, 5.41) is 0. The van der Waals surface area contributed by atoms with E-state index in [1.165, 1.54) is 0 Å². The molecule has 50 valence electrons. The number of likely N-dealkylation sites (N-methyl/N-ethyl adjacent to an activating group) is 1. The summed E-state index contributed by atoms with van der Waals surface area (Å²) >= 11 is 0. The third kappa shape index (κ3) is 0.929. The SMILES string of the molecule is C[N+]1(C)CC(=O)N=C1N. The maximum absolute atomic E-state index is 10.6. The lowest BCUT2D eigenvalue weighted by molar-refractivity contribution is -0.787. The smallest absolute Gasteiger partial charge is 0.307 e. The first kappa shape index (κ1) is 6.22. The molecular formula is C5H10N3O+. The molecule has 1 heterocycles. The molecule has 0 bridgehead atoms. The van der Waals surface area contributed by atoms with Crippen molar-refractivity contribution in [1.29, 1.82) is 0 Å². The number of nitrogens with two attached hydrogens (primary N) is 1. The van der Waals surface area contributed by atoms with Gasteiger partial charge in [0.1, 0.15) is 0 Å². The van der Waals surface area contributed by atoms with Crippen molar-refractivity contribution in [3.8, 4) is 0 Å². The van der Waals surface area contributed by atoms with Gasteiger partial charge < -0.3 is 5.73 Å². The highest BCUT2D eigenvalue weighted by Crippen LogP contribution is 2.04. The molecule has 2 N–H and O–H groups in total. The van der Waals surface area contributed by atoms with E-state index in [9.17, 15) is 4.79 Å². The molecule has 0 atom stereocenters. The molecule has 0 spiro atoms. The first-order valence-corrected chi connectivity index (χ1v) is 2.73. The molecule has 0 aromatic rings. The molecule has 0 aromatic carbocycles. The number of hydrogen-bond donors (Lipinski definition) is 1. The van der Waals surface area contributed by atoms with Gasteiger partial charge in [0.25, 0.3) is 0 Å². The van der Waals surface area contributed by atoms with E-state index in [2.05, 4.69) is 4.99 Å². The third-order valence-corrected chi connectivity index (χ3v) is 1.39. The Morgan fingerprint density at radius 3 is 2.33 bits per heavy atom. The first-order chi connectivity index (χ1) is 4.02. The highest BCUT2D eigenvalue weighted by atomic mass is 16.2. The van der Waals surface area contributed by atoms with Crippen molar-refractivity contribution in [1.82, 2.24) is 0 Å². The summed E-state index contributed by atoms with van der Waals surface area (Å²) < 4.78 is 0.402. The number of hydrogen-bond acceptors (Lipinski definition) is 2. The van der Waals surface area contributed by atoms with Crippen LogP contribution in [0, 0.1) is 0 Å². The fourth-order valence-electron chi connectivity index (χ4n) is 0.718. The van der Waals surface area contributed by atoms with E-state index in [0.29, 0.717) is 17.0 Å². The van der Waals surface area contributed by atoms with Crippen molar-refractivity contribution in [2.24, 2.45) is 10.7 Å². The van der Waals surface area contributed by atoms with E-state index in [1.807, 2.05) is 14.1 Å². The normalized spacial score (nSPS) is 24.2. The van der Waals surface area contributed by atoms with Gasteiger partial charge in [-0.25, -0.2) is 0 Å². The van der Waals surface area contributed by atoms with Crippen LogP contribution >= 0.6 is 0 Å². The molecule has 0 saturated carbocycles. The summed E-state index contributed by atoms with van der Waals surface area (Å²) in [4.78, 5) is 14.2. The van der Waals surface area contributed by atoms with E-state index in [1.54, 1.807) is 0 Å². The van der Waals surface area contributed by atoms with Gasteiger partial charge in [-0.3, -0.25) is 9.28 Å². The minimum atomic E-state index is -0.127. The summed E-state index contributed by atoms with van der Waals surface area (Å²) in [6.45, 7) is 0.395. The Bertz CT molecular complexity index is 183. The molecule has 1 amide bonds. The molecule has 9 heavy (non-hydrogen) atoms. The van der Waals surface area contributed by atoms with Crippen LogP contribution in [0.4, 0.5) is 0 Å². The van der Waals surface area contributed by atoms with Crippen molar-refractivity contribution >= 4 is 11.9 Å². The van der Waals surface area contributed by atoms with Crippen molar-refractivity contribution in [3.05, 3.63) is 0 Å². The minimum absolute atomic E-state index is 0.127. The summed E-state index contributed by atoms with van der Waals surface area (Å²) in [6.07, 6.45) is 0. The van der Waals surface area contributed by atoms with Crippen molar-refractivity contribution in [2.75, 3.05) is 20.6 Å². The standard InChI is InChI=1S/C5H9N3O/c1-8(2)3-4(9)7-5(8)6/h3H2,1-2H3,(H-,6,7,9)/p+1. The van der Waals surface area contributed by atoms with Gasteiger partial charge in [-0.05, 0) is 0 Å². The predicted octanol–water partition coefficient (Wildman–Crippen LogP) is -1.08. The zero-order valence-corrected chi connectivity index (χ0v) is 5.59. The lowest BCUT2D eigenvalue weighted by Gasteiger charge is -2.19. The molecule has 0 aromatic heterocycles. The Balaban J connectivity index is 2.89. The van der Waals surface area contributed by atoms with Gasteiger partial charge in [0.15, 0.2) is 6.54 Å². The van der Waals surface area contributed by atoms with Crippen molar-refractivity contribution < 1.29 is 9.28 Å². The fraction of sp³-hybridized carbons (Fsp3) is 0.600. The molecular weight excluding hydrogens is 118 g/mol. The number of nitrogens with zero attached hydrogens (tertiary/aromatic N) is 2. The number of amides is 1. The van der Waals surface area contributed by atoms with Gasteiger partial charge in [0.2, 0.25) is 0 Å². The van der Waals surface area contributed by atoms with Crippen LogP contribution in [0.2, 0.25) is 0 Å². The van der Waals surface area contributed by atoms with E-state index >= 15 is 0 Å². The van der Waals surface area contributed by atoms with Gasteiger partial charge in [-0.15, -0.1) is 4.99 Å². The third-order valence-electron chi connectivity index (χ3n) is 1.39. The zero-order valence-electron chi connectivity index (χ0n) is 5.59. The summed E-state index contributed by atoms with van der Waals surface area (Å²) in [5.74, 6) is 0.275. The fourth-order valence-corrected chi connectivity index (χ4v) is 0.718. The van der Waals surface area contributed by atoms with Crippen LogP contribution in [0.5, 0.6) is 0 Å². The summed E-state index contributed by atoms with van der Waals surface area (Å²) in [5.41, 5.74) is 5.40. The number of carbonyl (C=O) groups is 1. The topological polar surface area (TPSA) is 55.5 Å². The molecule has 0 fully saturated rings. The van der Waals surface area contributed by atoms with Crippen LogP contribution in [0.25, 0.3) is 0 Å². The number of aliphatic imine (C=N–C) groups is 1. The van der Waals surface area contributed by atoms with Crippen LogP contribution < -0.4 is 5.73 Å². The van der Waals surface area contributed by atoms with Gasteiger partial charge in [0, 0.05) is 0 Å². The van der Waals surface area contributed by atoms with Gasteiger partial charge in [-0.1, -0.05) is 0 Å². The second-order valence-electron chi connectivity index (χ2n) is 2.71. The van der Waals surface area contributed by atoms with Gasteiger partial charge in [-0.2, -0.15) is 0 Å². The maximum Gasteiger partial charge on any atom is 0.307 e. The Morgan fingerprint density at radius 1 is 1.67 bits per heavy atom. The van der Waals surface area contributed by atoms with E-state index in [4.69, 9.17) is 5.73 Å². The molecule has 1 rings (SSSR count). The van der Waals surface area contributed by atoms with E-state index in [-0.39, 0.29) is 5.91 Å². The molecule has 4 nitrogen and oxygen atoms in total. The molecule has 0 saturated heterocycles. The number of carbonyl (C=O) groups excluding carboxylic acids is 1. The lowest BCUT2D eigenvalue weighted by atomic mass is 10.5. The highest BCUT2D eigenvalue weighted by molar-refractivity contribution is 5.94. The molecule has 0 unspecified atom stereocenters. The Morgan fingerprint density at radius 2 is 2.22 bits per heavy atom. The molecule has 1 aliphatic heterocycles. The second kappa shape index (κ2) is 1.54. The quantitative estimate of drug-likeness (QED) is 0.422. The Hall–Kier alpha value is -0.900. The van der Waals surface area contributed by atoms with Crippen LogP contribution in [0.1, 0.15) is 0 Å². The summed E-state index contributed by atoms with van der Waals surface area (Å²) in [6, 6.07) is 0. The van der Waals surface area contributed by atoms with Crippen LogP contribution in [-0.2, 0) is 4.79 Å². The Kier molecular flexibility index (Phi) is 1.06. The second-order valence-corrected chi connectivity index (χ2v) is 2.71. The Labute approximate surface area is 53.6 Å². The van der Waals surface area contributed by atoms with Crippen LogP contribution in [-0.4, -0.2) is 37.0 Å². The molecule has 4 heteroatoms. The van der Waals surface area contributed by atoms with Gasteiger partial charge >= 0.3 is 11.9 Å². The zero-order chi connectivity index (χ0) is 7.07. The lowest BCUT2D eigenvalue weighted by Crippen LogP contribution is -2.47. The van der Waals surface area contributed by atoms with Crippen LogP contribution in [0.3, 0.4) is 0 Å².